The minimum atomic E-state index is 0.0580. The molecule has 0 amide bonds. The quantitative estimate of drug-likeness (QED) is 0.427. The predicted octanol–water partition coefficient (Wildman–Crippen LogP) is 5.51. The van der Waals surface area contributed by atoms with Crippen LogP contribution < -0.4 is 0 Å². The summed E-state index contributed by atoms with van der Waals surface area (Å²) in [5.41, 5.74) is 4.55. The van der Waals surface area contributed by atoms with E-state index in [1.807, 2.05) is 0 Å². The number of fused-ring (bicyclic) bond motifs is 1. The maximum absolute atomic E-state index is 12.5. The van der Waals surface area contributed by atoms with Gasteiger partial charge in [-0.15, -0.1) is 0 Å². The molecule has 0 atom stereocenters. The fraction of sp³-hybridized carbons (Fsp3) is 0.389. The molecule has 22 heavy (non-hydrogen) atoms. The summed E-state index contributed by atoms with van der Waals surface area (Å²) in [5.74, 6) is 0.289. The van der Waals surface area contributed by atoms with Crippen LogP contribution in [0.3, 0.4) is 0 Å². The van der Waals surface area contributed by atoms with Crippen LogP contribution >= 0.6 is 38.5 Å². The standard InChI is InChI=1S/C18H19BrINO/c1-18(2)10-16-14(17(22)11-18)9-15(21(16)8-7-20)12-3-5-13(19)6-4-12/h3-6,9H,7-8,10-11H2,1-2H3. The number of ketones is 1. The molecule has 0 spiro atoms. The van der Waals surface area contributed by atoms with Crippen LogP contribution in [0, 0.1) is 5.41 Å². The summed E-state index contributed by atoms with van der Waals surface area (Å²) in [7, 11) is 0. The first kappa shape index (κ1) is 16.2. The summed E-state index contributed by atoms with van der Waals surface area (Å²) in [6, 6.07) is 10.4. The van der Waals surface area contributed by atoms with Crippen molar-refractivity contribution >= 4 is 44.3 Å². The van der Waals surface area contributed by atoms with Crippen LogP contribution in [0.2, 0.25) is 0 Å². The fourth-order valence-corrected chi connectivity index (χ4v) is 4.01. The molecule has 1 aliphatic rings. The Morgan fingerprint density at radius 3 is 2.55 bits per heavy atom. The number of hydrogen-bond donors (Lipinski definition) is 0. The van der Waals surface area contributed by atoms with E-state index in [4.69, 9.17) is 0 Å². The van der Waals surface area contributed by atoms with E-state index in [0.717, 1.165) is 27.4 Å². The average molecular weight is 472 g/mol. The molecular weight excluding hydrogens is 453 g/mol. The van der Waals surface area contributed by atoms with Gasteiger partial charge >= 0.3 is 0 Å². The van der Waals surface area contributed by atoms with Crippen molar-refractivity contribution < 1.29 is 4.79 Å². The topological polar surface area (TPSA) is 22.0 Å². The summed E-state index contributed by atoms with van der Waals surface area (Å²) >= 11 is 5.89. The van der Waals surface area contributed by atoms with Gasteiger partial charge in [-0.2, -0.15) is 0 Å². The van der Waals surface area contributed by atoms with Gasteiger partial charge in [0, 0.05) is 38.8 Å². The van der Waals surface area contributed by atoms with E-state index in [9.17, 15) is 4.79 Å². The van der Waals surface area contributed by atoms with Gasteiger partial charge in [-0.05, 0) is 35.6 Å². The number of nitrogens with zero attached hydrogens (tertiary/aromatic N) is 1. The van der Waals surface area contributed by atoms with Gasteiger partial charge < -0.3 is 4.57 Å². The molecule has 1 aromatic heterocycles. The Morgan fingerprint density at radius 1 is 1.23 bits per heavy atom. The number of benzene rings is 1. The molecule has 0 N–H and O–H groups in total. The lowest BCUT2D eigenvalue weighted by Gasteiger charge is -2.29. The molecular formula is C18H19BrINO. The molecule has 1 aromatic carbocycles. The number of hydrogen-bond acceptors (Lipinski definition) is 1. The van der Waals surface area contributed by atoms with Crippen LogP contribution in [0.15, 0.2) is 34.8 Å². The number of aromatic nitrogens is 1. The third-order valence-electron chi connectivity index (χ3n) is 4.24. The van der Waals surface area contributed by atoms with Crippen molar-refractivity contribution in [2.45, 2.75) is 33.2 Å². The highest BCUT2D eigenvalue weighted by atomic mass is 127. The first-order valence-corrected chi connectivity index (χ1v) is 9.81. The number of halogens is 2. The molecule has 0 saturated carbocycles. The van der Waals surface area contributed by atoms with E-state index in [1.165, 1.54) is 17.0 Å². The number of carbonyl (C=O) groups is 1. The van der Waals surface area contributed by atoms with E-state index in [2.05, 4.69) is 87.3 Å². The summed E-state index contributed by atoms with van der Waals surface area (Å²) < 4.78 is 4.46. The Kier molecular flexibility index (Phi) is 4.52. The second kappa shape index (κ2) is 6.11. The Morgan fingerprint density at radius 2 is 1.91 bits per heavy atom. The van der Waals surface area contributed by atoms with Crippen LogP contribution in [-0.2, 0) is 13.0 Å². The van der Waals surface area contributed by atoms with E-state index < -0.39 is 0 Å². The predicted molar refractivity (Wildman–Crippen MR) is 103 cm³/mol. The summed E-state index contributed by atoms with van der Waals surface area (Å²) in [6.07, 6.45) is 1.62. The highest BCUT2D eigenvalue weighted by Crippen LogP contribution is 2.38. The normalized spacial score (nSPS) is 16.6. The minimum absolute atomic E-state index is 0.0580. The molecule has 4 heteroatoms. The summed E-state index contributed by atoms with van der Waals surface area (Å²) in [5, 5.41) is 0. The van der Waals surface area contributed by atoms with Crippen LogP contribution in [0.1, 0.15) is 36.3 Å². The molecule has 2 aromatic rings. The lowest BCUT2D eigenvalue weighted by molar-refractivity contribution is 0.0910. The van der Waals surface area contributed by atoms with Crippen LogP contribution in [0.5, 0.6) is 0 Å². The highest BCUT2D eigenvalue weighted by molar-refractivity contribution is 14.1. The maximum atomic E-state index is 12.5. The van der Waals surface area contributed by atoms with Crippen molar-refractivity contribution in [1.29, 1.82) is 0 Å². The van der Waals surface area contributed by atoms with Gasteiger partial charge in [0.25, 0.3) is 0 Å². The molecule has 0 fully saturated rings. The molecule has 1 aliphatic carbocycles. The summed E-state index contributed by atoms with van der Waals surface area (Å²) in [4.78, 5) is 12.5. The zero-order chi connectivity index (χ0) is 15.9. The van der Waals surface area contributed by atoms with Gasteiger partial charge in [-0.25, -0.2) is 0 Å². The van der Waals surface area contributed by atoms with Crippen LogP contribution in [-0.4, -0.2) is 14.8 Å². The third-order valence-corrected chi connectivity index (χ3v) is 5.25. The van der Waals surface area contributed by atoms with Crippen LogP contribution in [0.4, 0.5) is 0 Å². The Bertz CT molecular complexity index is 715. The first-order valence-electron chi connectivity index (χ1n) is 7.49. The Hall–Kier alpha value is -0.620. The zero-order valence-corrected chi connectivity index (χ0v) is 16.6. The number of Topliss-reactive ketones (excluding diaryl/α,β-unsaturated/α-hetero) is 1. The van der Waals surface area contributed by atoms with Gasteiger partial charge in [-0.1, -0.05) is 64.5 Å². The second-order valence-corrected chi connectivity index (χ2v) is 8.67. The fourth-order valence-electron chi connectivity index (χ4n) is 3.27. The smallest absolute Gasteiger partial charge is 0.165 e. The average Bonchev–Trinajstić information content (AvgIpc) is 2.78. The summed E-state index contributed by atoms with van der Waals surface area (Å²) in [6.45, 7) is 5.33. The van der Waals surface area contributed by atoms with Crippen molar-refractivity contribution in [2.75, 3.05) is 4.43 Å². The minimum Gasteiger partial charge on any atom is -0.343 e. The van der Waals surface area contributed by atoms with E-state index >= 15 is 0 Å². The van der Waals surface area contributed by atoms with E-state index in [-0.39, 0.29) is 11.2 Å². The molecule has 3 rings (SSSR count). The zero-order valence-electron chi connectivity index (χ0n) is 12.8. The third kappa shape index (κ3) is 3.04. The van der Waals surface area contributed by atoms with Crippen molar-refractivity contribution in [3.05, 3.63) is 46.1 Å². The largest absolute Gasteiger partial charge is 0.343 e. The molecule has 2 nitrogen and oxygen atoms in total. The number of rotatable bonds is 3. The molecule has 0 saturated heterocycles. The first-order chi connectivity index (χ1) is 10.4. The van der Waals surface area contributed by atoms with Gasteiger partial charge in [-0.3, -0.25) is 4.79 Å². The van der Waals surface area contributed by atoms with Crippen molar-refractivity contribution in [2.24, 2.45) is 5.41 Å². The SMILES string of the molecule is CC1(C)CC(=O)c2cc(-c3ccc(Br)cc3)n(CCI)c2C1. The molecule has 116 valence electrons. The lowest BCUT2D eigenvalue weighted by Crippen LogP contribution is -2.28. The van der Waals surface area contributed by atoms with Gasteiger partial charge in [0.1, 0.15) is 0 Å². The lowest BCUT2D eigenvalue weighted by atomic mass is 9.76. The number of carbonyl (C=O) groups excluding carboxylic acids is 1. The van der Waals surface area contributed by atoms with Crippen molar-refractivity contribution in [3.8, 4) is 11.3 Å². The number of alkyl halides is 1. The van der Waals surface area contributed by atoms with Crippen LogP contribution in [0.25, 0.3) is 11.3 Å². The van der Waals surface area contributed by atoms with Gasteiger partial charge in [0.05, 0.1) is 0 Å². The monoisotopic (exact) mass is 471 g/mol. The van der Waals surface area contributed by atoms with Crippen molar-refractivity contribution in [3.63, 3.8) is 0 Å². The van der Waals surface area contributed by atoms with Gasteiger partial charge in [0.2, 0.25) is 0 Å². The Labute approximate surface area is 153 Å². The molecule has 0 aliphatic heterocycles. The second-order valence-electron chi connectivity index (χ2n) is 6.68. The molecule has 0 bridgehead atoms. The highest BCUT2D eigenvalue weighted by Gasteiger charge is 2.34. The molecule has 1 heterocycles. The van der Waals surface area contributed by atoms with E-state index in [0.29, 0.717) is 6.42 Å². The van der Waals surface area contributed by atoms with Crippen molar-refractivity contribution in [1.82, 2.24) is 4.57 Å². The molecule has 0 unspecified atom stereocenters. The Balaban J connectivity index is 2.16. The molecule has 0 radical (unpaired) electrons. The maximum Gasteiger partial charge on any atom is 0.165 e. The van der Waals surface area contributed by atoms with Gasteiger partial charge in [0.15, 0.2) is 5.78 Å². The van der Waals surface area contributed by atoms with E-state index in [1.54, 1.807) is 0 Å².